The van der Waals surface area contributed by atoms with Crippen molar-refractivity contribution in [2.24, 2.45) is 12.1 Å². The van der Waals surface area contributed by atoms with E-state index in [0.717, 1.165) is 26.7 Å². The number of benzene rings is 1. The Morgan fingerprint density at radius 2 is 2.00 bits per heavy atom. The summed E-state index contributed by atoms with van der Waals surface area (Å²) in [5, 5.41) is 15.5. The van der Waals surface area contributed by atoms with Crippen molar-refractivity contribution in [2.45, 2.75) is 19.4 Å². The summed E-state index contributed by atoms with van der Waals surface area (Å²) in [4.78, 5) is 29.2. The molecule has 1 aromatic carbocycles. The third-order valence-corrected chi connectivity index (χ3v) is 4.63. The number of fused-ring (bicyclic) bond motifs is 1. The van der Waals surface area contributed by atoms with E-state index in [4.69, 9.17) is 0 Å². The highest BCUT2D eigenvalue weighted by Crippen LogP contribution is 2.33. The first-order chi connectivity index (χ1) is 12.0. The molecule has 3 heterocycles. The first kappa shape index (κ1) is 15.3. The molecule has 1 atom stereocenters. The number of aromatic nitrogens is 3. The number of nitrogens with zero attached hydrogens (tertiary/aromatic N) is 2. The van der Waals surface area contributed by atoms with Crippen LogP contribution in [0.4, 0.5) is 0 Å². The van der Waals surface area contributed by atoms with Gasteiger partial charge in [0.2, 0.25) is 5.88 Å². The second-order valence-electron chi connectivity index (χ2n) is 6.17. The van der Waals surface area contributed by atoms with Crippen LogP contribution in [0.5, 0.6) is 5.88 Å². The second kappa shape index (κ2) is 5.37. The first-order valence-electron chi connectivity index (χ1n) is 7.89. The topological polar surface area (TPSA) is 115 Å². The Balaban J connectivity index is 1.75. The van der Waals surface area contributed by atoms with Crippen LogP contribution >= 0.6 is 0 Å². The van der Waals surface area contributed by atoms with Crippen molar-refractivity contribution in [3.8, 4) is 5.88 Å². The third-order valence-electron chi connectivity index (χ3n) is 4.63. The van der Waals surface area contributed by atoms with E-state index in [1.54, 1.807) is 0 Å². The molecule has 25 heavy (non-hydrogen) atoms. The lowest BCUT2D eigenvalue weighted by molar-refractivity contribution is 0.416. The highest BCUT2D eigenvalue weighted by Gasteiger charge is 2.29. The molecule has 0 spiro atoms. The average molecular weight is 339 g/mol. The fourth-order valence-corrected chi connectivity index (χ4v) is 3.38. The Bertz CT molecular complexity index is 1140. The fourth-order valence-electron chi connectivity index (χ4n) is 3.38. The van der Waals surface area contributed by atoms with Crippen LogP contribution in [-0.4, -0.2) is 25.4 Å². The zero-order valence-electron chi connectivity index (χ0n) is 13.8. The van der Waals surface area contributed by atoms with E-state index >= 15 is 0 Å². The summed E-state index contributed by atoms with van der Waals surface area (Å²) in [6, 6.07) is 7.85. The fraction of sp³-hybridized carbons (Fsp3) is 0.235. The molecule has 0 saturated heterocycles. The number of H-pyrrole nitrogens is 2. The Morgan fingerprint density at radius 1 is 1.24 bits per heavy atom. The number of aromatic amines is 2. The van der Waals surface area contributed by atoms with Crippen LogP contribution in [0.2, 0.25) is 0 Å². The minimum Gasteiger partial charge on any atom is -0.494 e. The number of rotatable bonds is 2. The highest BCUT2D eigenvalue weighted by atomic mass is 16.3. The summed E-state index contributed by atoms with van der Waals surface area (Å²) in [6.45, 7) is 1.99. The lowest BCUT2D eigenvalue weighted by Crippen LogP contribution is -2.32. The van der Waals surface area contributed by atoms with Gasteiger partial charge >= 0.3 is 5.69 Å². The van der Waals surface area contributed by atoms with E-state index in [2.05, 4.69) is 20.5 Å². The van der Waals surface area contributed by atoms with Gasteiger partial charge in [-0.25, -0.2) is 4.79 Å². The molecule has 2 aromatic heterocycles. The molecule has 1 aliphatic heterocycles. The van der Waals surface area contributed by atoms with Gasteiger partial charge in [-0.05, 0) is 13.0 Å². The molecule has 4 N–H and O–H groups in total. The van der Waals surface area contributed by atoms with Crippen molar-refractivity contribution in [1.82, 2.24) is 20.0 Å². The van der Waals surface area contributed by atoms with E-state index in [9.17, 15) is 14.7 Å². The van der Waals surface area contributed by atoms with Crippen molar-refractivity contribution in [3.63, 3.8) is 0 Å². The molecule has 0 radical (unpaired) electrons. The van der Waals surface area contributed by atoms with E-state index in [1.165, 1.54) is 7.05 Å². The number of hydrogen-bond acceptors (Lipinski definition) is 5. The molecule has 8 nitrogen and oxygen atoms in total. The largest absolute Gasteiger partial charge is 0.494 e. The third kappa shape index (κ3) is 2.25. The molecular formula is C17H17N5O3. The number of hydrazone groups is 1. The Labute approximate surface area is 141 Å². The van der Waals surface area contributed by atoms with Crippen molar-refractivity contribution >= 4 is 16.6 Å². The molecule has 0 amide bonds. The average Bonchev–Trinajstić information content (AvgIpc) is 3.16. The summed E-state index contributed by atoms with van der Waals surface area (Å²) < 4.78 is 0.990. The SMILES string of the molecule is Cc1[nH]c2ccccc2c1C1CC(c2c(O)n(C)c(=O)[nH]c2=O)=NN1. The minimum atomic E-state index is -0.665. The van der Waals surface area contributed by atoms with Crippen molar-refractivity contribution in [1.29, 1.82) is 0 Å². The van der Waals surface area contributed by atoms with E-state index in [1.807, 2.05) is 31.2 Å². The lowest BCUT2D eigenvalue weighted by Gasteiger charge is -2.11. The maximum atomic E-state index is 12.1. The van der Waals surface area contributed by atoms with Gasteiger partial charge in [0.05, 0.1) is 11.8 Å². The zero-order chi connectivity index (χ0) is 17.7. The summed E-state index contributed by atoms with van der Waals surface area (Å²) >= 11 is 0. The second-order valence-corrected chi connectivity index (χ2v) is 6.17. The summed E-state index contributed by atoms with van der Waals surface area (Å²) in [7, 11) is 1.39. The van der Waals surface area contributed by atoms with Gasteiger partial charge in [-0.3, -0.25) is 14.3 Å². The van der Waals surface area contributed by atoms with Gasteiger partial charge in [0, 0.05) is 35.6 Å². The highest BCUT2D eigenvalue weighted by molar-refractivity contribution is 6.03. The minimum absolute atomic E-state index is 0.0228. The maximum Gasteiger partial charge on any atom is 0.330 e. The smallest absolute Gasteiger partial charge is 0.330 e. The predicted molar refractivity (Wildman–Crippen MR) is 94.0 cm³/mol. The van der Waals surface area contributed by atoms with Crippen molar-refractivity contribution in [3.05, 3.63) is 61.9 Å². The Morgan fingerprint density at radius 3 is 2.80 bits per heavy atom. The standard InChI is InChI=1S/C17H17N5O3/c1-8-13(9-5-3-4-6-10(9)18-8)11-7-12(21-20-11)14-15(23)19-17(25)22(2)16(14)24/h3-6,11,18,20,24H,7H2,1-2H3,(H,19,23,25). The molecule has 3 aromatic rings. The number of aryl methyl sites for hydroxylation is 1. The van der Waals surface area contributed by atoms with Crippen LogP contribution in [0.1, 0.15) is 29.3 Å². The van der Waals surface area contributed by atoms with Gasteiger partial charge < -0.3 is 15.5 Å². The van der Waals surface area contributed by atoms with Crippen LogP contribution in [0.25, 0.3) is 10.9 Å². The number of nitrogens with one attached hydrogen (secondary N) is 3. The van der Waals surface area contributed by atoms with Gasteiger partial charge in [0.1, 0.15) is 5.56 Å². The molecule has 1 unspecified atom stereocenters. The molecule has 0 fully saturated rings. The molecule has 0 bridgehead atoms. The Hall–Kier alpha value is -3.29. The van der Waals surface area contributed by atoms with Gasteiger partial charge in [0.15, 0.2) is 0 Å². The first-order valence-corrected chi connectivity index (χ1v) is 7.89. The predicted octanol–water partition coefficient (Wildman–Crippen LogP) is 1.01. The molecular weight excluding hydrogens is 322 g/mol. The summed E-state index contributed by atoms with van der Waals surface area (Å²) in [5.41, 5.74) is 5.32. The monoisotopic (exact) mass is 339 g/mol. The number of hydrogen-bond donors (Lipinski definition) is 4. The molecule has 0 saturated carbocycles. The van der Waals surface area contributed by atoms with Gasteiger partial charge in [-0.1, -0.05) is 18.2 Å². The summed E-state index contributed by atoms with van der Waals surface area (Å²) in [5.74, 6) is -0.384. The van der Waals surface area contributed by atoms with Gasteiger partial charge in [-0.15, -0.1) is 0 Å². The normalized spacial score (nSPS) is 16.9. The molecule has 128 valence electrons. The van der Waals surface area contributed by atoms with Crippen LogP contribution < -0.4 is 16.7 Å². The molecule has 0 aliphatic carbocycles. The van der Waals surface area contributed by atoms with Gasteiger partial charge in [0.25, 0.3) is 5.56 Å². The quantitative estimate of drug-likeness (QED) is 0.557. The number of para-hydroxylation sites is 1. The maximum absolute atomic E-state index is 12.1. The lowest BCUT2D eigenvalue weighted by atomic mass is 9.97. The van der Waals surface area contributed by atoms with Crippen LogP contribution in [0.3, 0.4) is 0 Å². The van der Waals surface area contributed by atoms with E-state index in [-0.39, 0.29) is 17.5 Å². The van der Waals surface area contributed by atoms with E-state index < -0.39 is 11.2 Å². The number of aromatic hydroxyl groups is 1. The summed E-state index contributed by atoms with van der Waals surface area (Å²) in [6.07, 6.45) is 0.428. The van der Waals surface area contributed by atoms with Crippen LogP contribution in [0.15, 0.2) is 39.0 Å². The van der Waals surface area contributed by atoms with E-state index in [0.29, 0.717) is 12.1 Å². The van der Waals surface area contributed by atoms with Crippen LogP contribution in [-0.2, 0) is 7.05 Å². The van der Waals surface area contributed by atoms with Gasteiger partial charge in [-0.2, -0.15) is 5.10 Å². The zero-order valence-corrected chi connectivity index (χ0v) is 13.8. The van der Waals surface area contributed by atoms with Crippen molar-refractivity contribution < 1.29 is 5.11 Å². The molecule has 8 heteroatoms. The van der Waals surface area contributed by atoms with Crippen molar-refractivity contribution in [2.75, 3.05) is 0 Å². The Kier molecular flexibility index (Phi) is 3.28. The van der Waals surface area contributed by atoms with Crippen LogP contribution in [0, 0.1) is 6.92 Å². The molecule has 1 aliphatic rings. The molecule has 4 rings (SSSR count).